The van der Waals surface area contributed by atoms with E-state index in [2.05, 4.69) is 51.7 Å². The van der Waals surface area contributed by atoms with Crippen LogP contribution in [-0.2, 0) is 66.5 Å². The van der Waals surface area contributed by atoms with Gasteiger partial charge >= 0.3 is 12.1 Å². The molecule has 19 atom stereocenters. The highest BCUT2D eigenvalue weighted by Crippen LogP contribution is 2.44. The summed E-state index contributed by atoms with van der Waals surface area (Å²) in [5, 5.41) is 56.5. The summed E-state index contributed by atoms with van der Waals surface area (Å²) in [4.78, 5) is 61.9. The number of Topliss-reactive ketones (excluding diaryl/α,β-unsaturated/α-hetero) is 1. The minimum Gasteiger partial charge on any atom is -0.493 e. The Kier molecular flexibility index (Phi) is 26.0. The molecular formula is C57H76N4O22S4. The van der Waals surface area contributed by atoms with Crippen LogP contribution in [0.1, 0.15) is 50.4 Å². The third kappa shape index (κ3) is 16.7. The predicted octanol–water partition coefficient (Wildman–Crippen LogP) is 2.64. The molecule has 480 valence electrons. The zero-order valence-electron chi connectivity index (χ0n) is 49.8. The topological polar surface area (TPSA) is 327 Å². The lowest BCUT2D eigenvalue weighted by atomic mass is 9.73. The number of alkyl carbamates (subject to hydrolysis) is 1. The number of aliphatic hydroxyl groups excluding tert-OH is 3. The van der Waals surface area contributed by atoms with Crippen molar-refractivity contribution in [2.24, 2.45) is 0 Å². The van der Waals surface area contributed by atoms with Gasteiger partial charge in [-0.15, -0.1) is 0 Å². The fourth-order valence-corrected chi connectivity index (χ4v) is 13.8. The molecule has 87 heavy (non-hydrogen) atoms. The normalized spacial score (nSPS) is 34.5. The van der Waals surface area contributed by atoms with E-state index < -0.39 is 134 Å². The zero-order chi connectivity index (χ0) is 63.3. The Bertz CT molecular complexity index is 2820. The standard InChI is InChI=1S/C57H76N4O22S4/c1-27-45(61-83-43-24-36(63)51(84-11)29(3)77-43)47(64)50(80-41-25-38(71-7)34(58-5)26-75-41)55(78-27)79-37-17-15-13-14-16-19-57(69)32(18-20-86-87-85-12)44(37)46(60-56(68)74-10)48(65)52(57)81-42-23-35(62)49(28(2)76-42)82-54(67)31-21-39(72-8)40(73-9)22-33(31)59-53(66)30(4)70-6/h13-14,18,21-22,27-29,34-38,41-43,45,47,49-52,55,58,61-64,69H,4,20,23-26H2,1-3,5-12H3,(H,59,66)(H,60,68)/b14-13?,32-18+/t27?,28?,29?,34?,35?,36?,37-,38?,41?,42?,43?,45?,47?,49?,50?,51?,52?,55?,57+/m0/s1. The van der Waals surface area contributed by atoms with Gasteiger partial charge in [0.1, 0.15) is 18.3 Å². The number of benzene rings is 1. The number of esters is 1. The molecule has 4 fully saturated rings. The lowest BCUT2D eigenvalue weighted by Crippen LogP contribution is -2.65. The minimum absolute atomic E-state index is 0.0771. The van der Waals surface area contributed by atoms with Crippen LogP contribution < -0.4 is 30.9 Å². The van der Waals surface area contributed by atoms with Crippen molar-refractivity contribution in [3.8, 4) is 35.2 Å². The van der Waals surface area contributed by atoms with E-state index in [0.29, 0.717) is 0 Å². The highest BCUT2D eigenvalue weighted by Gasteiger charge is 2.57. The van der Waals surface area contributed by atoms with E-state index in [1.807, 2.05) is 19.4 Å². The number of hydrogen-bond donors (Lipinski definition) is 8. The summed E-state index contributed by atoms with van der Waals surface area (Å²) in [7, 11) is 12.5. The number of amides is 2. The summed E-state index contributed by atoms with van der Waals surface area (Å²) in [6, 6.07) is 1.34. The molecule has 30 heteroatoms. The first kappa shape index (κ1) is 69.8. The number of thioether (sulfide) groups is 1. The molecule has 0 saturated carbocycles. The Balaban J connectivity index is 1.23. The van der Waals surface area contributed by atoms with Crippen LogP contribution in [0.5, 0.6) is 11.5 Å². The molecule has 8 N–H and O–H groups in total. The maximum atomic E-state index is 15.5. The molecule has 6 aliphatic rings. The molecule has 0 radical (unpaired) electrons. The van der Waals surface area contributed by atoms with Crippen molar-refractivity contribution < 1.29 is 106 Å². The van der Waals surface area contributed by atoms with Crippen molar-refractivity contribution in [2.75, 3.05) is 72.8 Å². The van der Waals surface area contributed by atoms with Crippen LogP contribution in [0.25, 0.3) is 0 Å². The van der Waals surface area contributed by atoms with Crippen LogP contribution in [-0.4, -0.2) is 227 Å². The van der Waals surface area contributed by atoms with E-state index in [-0.39, 0.29) is 82.3 Å². The maximum absolute atomic E-state index is 15.5. The molecule has 1 aromatic rings. The fraction of sp³-hybridized carbons (Fsp3) is 0.614. The van der Waals surface area contributed by atoms with Gasteiger partial charge in [-0.2, -0.15) is 17.2 Å². The molecule has 4 saturated heterocycles. The van der Waals surface area contributed by atoms with Crippen LogP contribution >= 0.6 is 43.2 Å². The van der Waals surface area contributed by atoms with Gasteiger partial charge in [0.05, 0.1) is 106 Å². The number of methoxy groups -OCH3 is 5. The Morgan fingerprint density at radius 2 is 1.56 bits per heavy atom. The van der Waals surface area contributed by atoms with Crippen molar-refractivity contribution in [1.29, 1.82) is 0 Å². The quantitative estimate of drug-likeness (QED) is 0.0140. The Morgan fingerprint density at radius 3 is 2.22 bits per heavy atom. The van der Waals surface area contributed by atoms with Gasteiger partial charge in [-0.3, -0.25) is 19.7 Å². The fourth-order valence-electron chi connectivity index (χ4n) is 10.5. The van der Waals surface area contributed by atoms with Gasteiger partial charge in [-0.25, -0.2) is 9.59 Å². The Morgan fingerprint density at radius 1 is 0.851 bits per heavy atom. The number of aliphatic hydroxyl groups is 4. The largest absolute Gasteiger partial charge is 0.493 e. The Hall–Kier alpha value is -4.62. The van der Waals surface area contributed by atoms with Crippen molar-refractivity contribution in [1.82, 2.24) is 16.1 Å². The highest BCUT2D eigenvalue weighted by atomic mass is 33.5. The van der Waals surface area contributed by atoms with E-state index in [0.717, 1.165) is 7.11 Å². The molecule has 17 unspecified atom stereocenters. The average Bonchev–Trinajstić information content (AvgIpc) is 0.873. The second kappa shape index (κ2) is 32.4. The summed E-state index contributed by atoms with van der Waals surface area (Å²) in [5.74, 6) is 8.68. The highest BCUT2D eigenvalue weighted by molar-refractivity contribution is 9.09. The molecule has 1 aromatic carbocycles. The molecule has 2 aliphatic carbocycles. The first-order valence-corrected chi connectivity index (χ1v) is 32.9. The third-order valence-corrected chi connectivity index (χ3v) is 20.0. The van der Waals surface area contributed by atoms with Gasteiger partial charge in [-0.05, 0) is 62.3 Å². The number of hydrogen-bond acceptors (Lipinski definition) is 28. The number of carbonyl (C=O) groups excluding carboxylic acids is 4. The molecule has 4 aliphatic heterocycles. The predicted molar refractivity (Wildman–Crippen MR) is 321 cm³/mol. The molecule has 0 spiro atoms. The third-order valence-electron chi connectivity index (χ3n) is 15.0. The van der Waals surface area contributed by atoms with Crippen LogP contribution in [0, 0.1) is 23.7 Å². The van der Waals surface area contributed by atoms with Gasteiger partial charge in [0.25, 0.3) is 5.91 Å². The monoisotopic (exact) mass is 1300 g/mol. The molecule has 7 rings (SSSR count). The molecule has 2 bridgehead atoms. The number of ketones is 1. The number of allylic oxidation sites excluding steroid dienone is 2. The number of nitrogens with one attached hydrogen (secondary N) is 4. The zero-order valence-corrected chi connectivity index (χ0v) is 53.1. The summed E-state index contributed by atoms with van der Waals surface area (Å²) in [6.07, 6.45) is -11.6. The lowest BCUT2D eigenvalue weighted by molar-refractivity contribution is -0.336. The molecule has 2 amide bonds. The van der Waals surface area contributed by atoms with Crippen LogP contribution in [0.4, 0.5) is 10.5 Å². The first-order chi connectivity index (χ1) is 41.7. The first-order valence-electron chi connectivity index (χ1n) is 27.5. The average molecular weight is 1300 g/mol. The van der Waals surface area contributed by atoms with Crippen LogP contribution in [0.3, 0.4) is 0 Å². The summed E-state index contributed by atoms with van der Waals surface area (Å²) < 4.78 is 77.4. The van der Waals surface area contributed by atoms with Gasteiger partial charge in [-0.1, -0.05) is 57.9 Å². The smallest absolute Gasteiger partial charge is 0.411 e. The van der Waals surface area contributed by atoms with Gasteiger partial charge < -0.3 is 92.6 Å². The number of rotatable bonds is 24. The second-order valence-corrected chi connectivity index (χ2v) is 25.8. The van der Waals surface area contributed by atoms with E-state index in [1.54, 1.807) is 27.2 Å². The number of fused-ring (bicyclic) bond motifs is 2. The van der Waals surface area contributed by atoms with E-state index in [9.17, 15) is 34.8 Å². The molecule has 4 heterocycles. The molecular weight excluding hydrogens is 1220 g/mol. The summed E-state index contributed by atoms with van der Waals surface area (Å²) in [5.41, 5.74) is -0.858. The number of ether oxygens (including phenoxy) is 13. The van der Waals surface area contributed by atoms with Crippen LogP contribution in [0.2, 0.25) is 0 Å². The van der Waals surface area contributed by atoms with Gasteiger partial charge in [0.15, 0.2) is 60.2 Å². The van der Waals surface area contributed by atoms with Crippen molar-refractivity contribution in [3.63, 3.8) is 0 Å². The summed E-state index contributed by atoms with van der Waals surface area (Å²) >= 11 is 1.47. The number of anilines is 1. The second-order valence-electron chi connectivity index (χ2n) is 20.4. The number of likely N-dealkylation sites (N-methyl/N-ethyl adjacent to an activating group) is 1. The van der Waals surface area contributed by atoms with Crippen molar-refractivity contribution in [3.05, 3.63) is 65.1 Å². The molecule has 0 aromatic heterocycles. The summed E-state index contributed by atoms with van der Waals surface area (Å²) in [6.45, 7) is 8.65. The Labute approximate surface area is 520 Å². The van der Waals surface area contributed by atoms with Gasteiger partial charge in [0, 0.05) is 55.4 Å². The minimum atomic E-state index is -2.63. The van der Waals surface area contributed by atoms with Gasteiger partial charge in [0.2, 0.25) is 5.78 Å². The van der Waals surface area contributed by atoms with E-state index in [1.165, 1.54) is 95.7 Å². The molecule has 26 nitrogen and oxygen atoms in total. The van der Waals surface area contributed by atoms with E-state index >= 15 is 4.79 Å². The van der Waals surface area contributed by atoms with Crippen LogP contribution in [0.15, 0.2) is 59.5 Å². The van der Waals surface area contributed by atoms with E-state index in [4.69, 9.17) is 66.4 Å². The SMILES string of the molecule is C=C(OC)C(=O)Nc1cc(OC)c(OC)cc1C(=O)OC1C(O)CC(OC2C(=O)C(NC(=O)OC)=C3/C(=C\CSSSC)[C@]2(O)C#CC=CC#C[C@@H]3OC2OC(C)C(NOC3CC(O)C(SC)C(C)O3)C(O)C2OC2CC(OC)C(NC)CO2)OC1C. The van der Waals surface area contributed by atoms with Crippen molar-refractivity contribution in [2.45, 2.75) is 155 Å². The number of carbonyl (C=O) groups is 4. The lowest BCUT2D eigenvalue weighted by Gasteiger charge is -2.47. The maximum Gasteiger partial charge on any atom is 0.411 e. The van der Waals surface area contributed by atoms with Crippen molar-refractivity contribution >= 4 is 72.6 Å². The number of hydroxylamine groups is 1.